The quantitative estimate of drug-likeness (QED) is 0.670. The van der Waals surface area contributed by atoms with Gasteiger partial charge < -0.3 is 15.0 Å². The summed E-state index contributed by atoms with van der Waals surface area (Å²) in [5.74, 6) is -0.578. The van der Waals surface area contributed by atoms with Gasteiger partial charge in [0.25, 0.3) is 0 Å². The number of aromatic nitrogens is 1. The maximum Gasteiger partial charge on any atom is 0.339 e. The van der Waals surface area contributed by atoms with Crippen LogP contribution in [0.3, 0.4) is 0 Å². The molecule has 0 atom stereocenters. The predicted octanol–water partition coefficient (Wildman–Crippen LogP) is 3.92. The molecular weight excluding hydrogens is 316 g/mol. The molecule has 3 aromatic rings. The van der Waals surface area contributed by atoms with Crippen molar-refractivity contribution in [3.8, 4) is 0 Å². The van der Waals surface area contributed by atoms with Gasteiger partial charge in [0.05, 0.1) is 18.4 Å². The summed E-state index contributed by atoms with van der Waals surface area (Å²) >= 11 is 0. The summed E-state index contributed by atoms with van der Waals surface area (Å²) in [5.41, 5.74) is 3.15. The Morgan fingerprint density at radius 2 is 1.84 bits per heavy atom. The van der Waals surface area contributed by atoms with Crippen LogP contribution in [-0.4, -0.2) is 24.0 Å². The molecule has 0 spiro atoms. The number of hydrogen-bond donors (Lipinski definition) is 2. The first kappa shape index (κ1) is 16.8. The monoisotopic (exact) mass is 336 g/mol. The number of para-hydroxylation sites is 2. The third-order valence-electron chi connectivity index (χ3n) is 4.13. The number of carbonyl (C=O) groups excluding carboxylic acids is 2. The van der Waals surface area contributed by atoms with Crippen molar-refractivity contribution in [3.05, 3.63) is 65.9 Å². The Morgan fingerprint density at radius 1 is 1.08 bits per heavy atom. The molecule has 0 aliphatic heterocycles. The van der Waals surface area contributed by atoms with Crippen LogP contribution in [0.4, 0.5) is 5.69 Å². The van der Waals surface area contributed by atoms with Gasteiger partial charge in [0, 0.05) is 23.5 Å². The van der Waals surface area contributed by atoms with Crippen molar-refractivity contribution in [2.45, 2.75) is 19.3 Å². The molecule has 1 aromatic heterocycles. The number of rotatable bonds is 6. The Morgan fingerprint density at radius 3 is 2.68 bits per heavy atom. The van der Waals surface area contributed by atoms with Crippen LogP contribution >= 0.6 is 0 Å². The summed E-state index contributed by atoms with van der Waals surface area (Å²) in [6.45, 7) is 0. The van der Waals surface area contributed by atoms with Crippen molar-refractivity contribution in [1.82, 2.24) is 4.98 Å². The highest BCUT2D eigenvalue weighted by Crippen LogP contribution is 2.20. The molecule has 1 heterocycles. The van der Waals surface area contributed by atoms with Gasteiger partial charge in [-0.05, 0) is 36.6 Å². The Kier molecular flexibility index (Phi) is 5.14. The average Bonchev–Trinajstić information content (AvgIpc) is 3.05. The maximum absolute atomic E-state index is 12.2. The van der Waals surface area contributed by atoms with Crippen LogP contribution in [0.1, 0.15) is 28.8 Å². The number of amides is 1. The minimum absolute atomic E-state index is 0.115. The van der Waals surface area contributed by atoms with E-state index in [0.29, 0.717) is 17.7 Å². The van der Waals surface area contributed by atoms with Crippen molar-refractivity contribution in [1.29, 1.82) is 0 Å². The molecule has 0 fully saturated rings. The van der Waals surface area contributed by atoms with Gasteiger partial charge in [0.2, 0.25) is 5.91 Å². The molecule has 0 aliphatic carbocycles. The first-order valence-electron chi connectivity index (χ1n) is 8.21. The summed E-state index contributed by atoms with van der Waals surface area (Å²) in [6, 6.07) is 15.0. The molecule has 5 nitrogen and oxygen atoms in total. The molecule has 2 N–H and O–H groups in total. The molecule has 3 rings (SSSR count). The molecule has 5 heteroatoms. The van der Waals surface area contributed by atoms with Gasteiger partial charge in [-0.25, -0.2) is 4.79 Å². The lowest BCUT2D eigenvalue weighted by atomic mass is 10.1. The predicted molar refractivity (Wildman–Crippen MR) is 97.6 cm³/mol. The number of anilines is 1. The molecule has 0 radical (unpaired) electrons. The van der Waals surface area contributed by atoms with E-state index >= 15 is 0 Å². The Hall–Kier alpha value is -3.08. The van der Waals surface area contributed by atoms with Crippen molar-refractivity contribution < 1.29 is 14.3 Å². The highest BCUT2D eigenvalue weighted by atomic mass is 16.5. The van der Waals surface area contributed by atoms with Crippen LogP contribution in [0.25, 0.3) is 10.9 Å². The van der Waals surface area contributed by atoms with Gasteiger partial charge in [-0.3, -0.25) is 4.79 Å². The minimum atomic E-state index is -0.463. The van der Waals surface area contributed by atoms with E-state index in [1.807, 2.05) is 24.4 Å². The molecule has 0 aliphatic rings. The molecular formula is C20H20N2O3. The van der Waals surface area contributed by atoms with Crippen LogP contribution in [0.5, 0.6) is 0 Å². The molecule has 0 unspecified atom stereocenters. The number of nitrogens with one attached hydrogen (secondary N) is 2. The molecule has 25 heavy (non-hydrogen) atoms. The summed E-state index contributed by atoms with van der Waals surface area (Å²) in [5, 5.41) is 3.99. The zero-order chi connectivity index (χ0) is 17.6. The number of fused-ring (bicyclic) bond motifs is 1. The standard InChI is InChI=1S/C20H20N2O3/c1-25-20(24)16-9-3-5-11-18(16)22-19(23)12-6-7-14-13-21-17-10-4-2-8-15(14)17/h2-5,8-11,13,21H,6-7,12H2,1H3,(H,22,23). The Labute approximate surface area is 146 Å². The first-order valence-corrected chi connectivity index (χ1v) is 8.21. The first-order chi connectivity index (χ1) is 12.2. The SMILES string of the molecule is COC(=O)c1ccccc1NC(=O)CCCc1c[nH]c2ccccc12. The van der Waals surface area contributed by atoms with Gasteiger partial charge in [-0.15, -0.1) is 0 Å². The third-order valence-corrected chi connectivity index (χ3v) is 4.13. The number of carbonyl (C=O) groups is 2. The average molecular weight is 336 g/mol. The van der Waals surface area contributed by atoms with Gasteiger partial charge in [-0.2, -0.15) is 0 Å². The van der Waals surface area contributed by atoms with Gasteiger partial charge >= 0.3 is 5.97 Å². The van der Waals surface area contributed by atoms with E-state index in [1.54, 1.807) is 24.3 Å². The van der Waals surface area contributed by atoms with Gasteiger partial charge in [0.1, 0.15) is 0 Å². The number of aryl methyl sites for hydroxylation is 1. The number of methoxy groups -OCH3 is 1. The molecule has 1 amide bonds. The van der Waals surface area contributed by atoms with Crippen LogP contribution in [0.15, 0.2) is 54.7 Å². The van der Waals surface area contributed by atoms with Crippen molar-refractivity contribution in [3.63, 3.8) is 0 Å². The molecule has 0 saturated carbocycles. The molecule has 128 valence electrons. The molecule has 0 bridgehead atoms. The van der Waals surface area contributed by atoms with Crippen LogP contribution in [-0.2, 0) is 16.0 Å². The van der Waals surface area contributed by atoms with E-state index in [-0.39, 0.29) is 5.91 Å². The fourth-order valence-electron chi connectivity index (χ4n) is 2.87. The lowest BCUT2D eigenvalue weighted by Gasteiger charge is -2.09. The summed E-state index contributed by atoms with van der Waals surface area (Å²) in [7, 11) is 1.32. The Balaban J connectivity index is 1.58. The number of benzene rings is 2. The zero-order valence-corrected chi connectivity index (χ0v) is 14.0. The van der Waals surface area contributed by atoms with E-state index in [1.165, 1.54) is 18.1 Å². The van der Waals surface area contributed by atoms with E-state index in [4.69, 9.17) is 4.74 Å². The summed E-state index contributed by atoms with van der Waals surface area (Å²) in [6.07, 6.45) is 3.92. The minimum Gasteiger partial charge on any atom is -0.465 e. The third kappa shape index (κ3) is 3.88. The number of H-pyrrole nitrogens is 1. The molecule has 2 aromatic carbocycles. The van der Waals surface area contributed by atoms with Crippen molar-refractivity contribution in [2.75, 3.05) is 12.4 Å². The molecule has 0 saturated heterocycles. The summed E-state index contributed by atoms with van der Waals surface area (Å²) < 4.78 is 4.74. The van der Waals surface area contributed by atoms with Crippen LogP contribution < -0.4 is 5.32 Å². The normalized spacial score (nSPS) is 10.6. The van der Waals surface area contributed by atoms with Gasteiger partial charge in [0.15, 0.2) is 0 Å². The second kappa shape index (κ2) is 7.66. The summed E-state index contributed by atoms with van der Waals surface area (Å²) in [4.78, 5) is 27.2. The van der Waals surface area contributed by atoms with Crippen molar-refractivity contribution in [2.24, 2.45) is 0 Å². The van der Waals surface area contributed by atoms with Crippen molar-refractivity contribution >= 4 is 28.5 Å². The number of aromatic amines is 1. The lowest BCUT2D eigenvalue weighted by Crippen LogP contribution is -2.15. The second-order valence-corrected chi connectivity index (χ2v) is 5.80. The smallest absolute Gasteiger partial charge is 0.339 e. The van der Waals surface area contributed by atoms with Crippen LogP contribution in [0, 0.1) is 0 Å². The second-order valence-electron chi connectivity index (χ2n) is 5.80. The largest absolute Gasteiger partial charge is 0.465 e. The zero-order valence-electron chi connectivity index (χ0n) is 14.0. The fraction of sp³-hybridized carbons (Fsp3) is 0.200. The lowest BCUT2D eigenvalue weighted by molar-refractivity contribution is -0.116. The van der Waals surface area contributed by atoms with Gasteiger partial charge in [-0.1, -0.05) is 30.3 Å². The number of esters is 1. The van der Waals surface area contributed by atoms with E-state index in [2.05, 4.69) is 16.4 Å². The number of ether oxygens (including phenoxy) is 1. The Bertz CT molecular complexity index is 899. The van der Waals surface area contributed by atoms with E-state index in [0.717, 1.165) is 18.4 Å². The highest BCUT2D eigenvalue weighted by Gasteiger charge is 2.13. The fourth-order valence-corrected chi connectivity index (χ4v) is 2.87. The number of hydrogen-bond acceptors (Lipinski definition) is 3. The van der Waals surface area contributed by atoms with E-state index in [9.17, 15) is 9.59 Å². The van der Waals surface area contributed by atoms with Crippen LogP contribution in [0.2, 0.25) is 0 Å². The maximum atomic E-state index is 12.2. The highest BCUT2D eigenvalue weighted by molar-refractivity contribution is 6.01. The topological polar surface area (TPSA) is 71.2 Å². The van der Waals surface area contributed by atoms with E-state index < -0.39 is 5.97 Å².